The Morgan fingerprint density at radius 2 is 1.50 bits per heavy atom. The Bertz CT molecular complexity index is 531. The number of carbonyl (C=O) groups excluding carboxylic acids is 1. The summed E-state index contributed by atoms with van der Waals surface area (Å²) in [6.45, 7) is 14.0. The zero-order valence-electron chi connectivity index (χ0n) is 13.9. The minimum atomic E-state index is 0.230. The molecule has 3 aliphatic rings. The Kier molecular flexibility index (Phi) is 2.88. The highest BCUT2D eigenvalue weighted by atomic mass is 16.1. The third-order valence-electron chi connectivity index (χ3n) is 5.57. The predicted octanol–water partition coefficient (Wildman–Crippen LogP) is 5.07. The molecule has 0 aromatic heterocycles. The van der Waals surface area contributed by atoms with Crippen molar-refractivity contribution in [2.24, 2.45) is 22.7 Å². The number of allylic oxidation sites excluding steroid dienone is 4. The molecule has 3 aliphatic carbocycles. The zero-order valence-corrected chi connectivity index (χ0v) is 13.9. The molecule has 0 bridgehead atoms. The molecule has 2 atom stereocenters. The molecule has 1 nitrogen and oxygen atoms in total. The summed E-state index contributed by atoms with van der Waals surface area (Å²) in [5, 5.41) is 0. The van der Waals surface area contributed by atoms with E-state index in [1.54, 1.807) is 22.3 Å². The fourth-order valence-corrected chi connectivity index (χ4v) is 4.52. The van der Waals surface area contributed by atoms with Crippen LogP contribution in [0.1, 0.15) is 67.2 Å². The van der Waals surface area contributed by atoms with Crippen molar-refractivity contribution in [1.29, 1.82) is 0 Å². The lowest BCUT2D eigenvalue weighted by Crippen LogP contribution is -2.16. The number of hydrogen-bond donors (Lipinski definition) is 0. The van der Waals surface area contributed by atoms with E-state index in [-0.39, 0.29) is 10.8 Å². The second-order valence-electron chi connectivity index (χ2n) is 8.95. The van der Waals surface area contributed by atoms with E-state index in [1.165, 1.54) is 0 Å². The van der Waals surface area contributed by atoms with Crippen LogP contribution in [0.4, 0.5) is 0 Å². The maximum atomic E-state index is 12.2. The van der Waals surface area contributed by atoms with Crippen LogP contribution < -0.4 is 0 Å². The van der Waals surface area contributed by atoms with Crippen LogP contribution in [-0.4, -0.2) is 5.78 Å². The van der Waals surface area contributed by atoms with Gasteiger partial charge in [0.25, 0.3) is 0 Å². The van der Waals surface area contributed by atoms with Crippen LogP contribution >= 0.6 is 0 Å². The van der Waals surface area contributed by atoms with Crippen molar-refractivity contribution in [3.63, 3.8) is 0 Å². The molecule has 2 fully saturated rings. The first-order valence-corrected chi connectivity index (χ1v) is 8.10. The Balaban J connectivity index is 2.13. The van der Waals surface area contributed by atoms with Gasteiger partial charge < -0.3 is 0 Å². The first-order chi connectivity index (χ1) is 9.10. The lowest BCUT2D eigenvalue weighted by molar-refractivity contribution is -0.120. The van der Waals surface area contributed by atoms with E-state index in [1.807, 2.05) is 0 Å². The van der Waals surface area contributed by atoms with Gasteiger partial charge in [-0.3, -0.25) is 4.79 Å². The fourth-order valence-electron chi connectivity index (χ4n) is 4.52. The first kappa shape index (κ1) is 14.1. The number of hydrogen-bond acceptors (Lipinski definition) is 1. The molecule has 0 aromatic carbocycles. The van der Waals surface area contributed by atoms with Gasteiger partial charge in [0.15, 0.2) is 0 Å². The van der Waals surface area contributed by atoms with Crippen molar-refractivity contribution >= 4 is 5.78 Å². The summed E-state index contributed by atoms with van der Waals surface area (Å²) in [5.41, 5.74) is 6.88. The van der Waals surface area contributed by atoms with Crippen LogP contribution in [0, 0.1) is 22.7 Å². The Morgan fingerprint density at radius 3 is 2.05 bits per heavy atom. The minimum absolute atomic E-state index is 0.230. The fraction of sp³-hybridized carbons (Fsp3) is 0.737. The van der Waals surface area contributed by atoms with Gasteiger partial charge in [0, 0.05) is 12.3 Å². The lowest BCUT2D eigenvalue weighted by Gasteiger charge is -2.27. The molecule has 20 heavy (non-hydrogen) atoms. The molecule has 3 rings (SSSR count). The van der Waals surface area contributed by atoms with Gasteiger partial charge >= 0.3 is 0 Å². The second-order valence-corrected chi connectivity index (χ2v) is 8.95. The monoisotopic (exact) mass is 272 g/mol. The topological polar surface area (TPSA) is 17.1 Å². The van der Waals surface area contributed by atoms with E-state index in [9.17, 15) is 4.79 Å². The molecule has 0 aromatic rings. The van der Waals surface area contributed by atoms with Crippen LogP contribution in [0.25, 0.3) is 0 Å². The van der Waals surface area contributed by atoms with Crippen LogP contribution in [-0.2, 0) is 4.79 Å². The van der Waals surface area contributed by atoms with Gasteiger partial charge in [-0.15, -0.1) is 0 Å². The normalized spacial score (nSPS) is 30.4. The van der Waals surface area contributed by atoms with Gasteiger partial charge in [0.1, 0.15) is 5.78 Å². The van der Waals surface area contributed by atoms with Crippen LogP contribution in [0.5, 0.6) is 0 Å². The van der Waals surface area contributed by atoms with E-state index in [4.69, 9.17) is 0 Å². The summed E-state index contributed by atoms with van der Waals surface area (Å²) in [6, 6.07) is 0. The van der Waals surface area contributed by atoms with E-state index >= 15 is 0 Å². The van der Waals surface area contributed by atoms with Crippen LogP contribution in [0.3, 0.4) is 0 Å². The molecule has 0 radical (unpaired) electrons. The van der Waals surface area contributed by atoms with E-state index in [0.29, 0.717) is 17.6 Å². The average Bonchev–Trinajstić information content (AvgIpc) is 2.86. The molecule has 0 N–H and O–H groups in total. The van der Waals surface area contributed by atoms with Crippen molar-refractivity contribution in [2.45, 2.75) is 67.2 Å². The predicted molar refractivity (Wildman–Crippen MR) is 83.4 cm³/mol. The quantitative estimate of drug-likeness (QED) is 0.601. The second kappa shape index (κ2) is 4.08. The molecular formula is C19H28O. The minimum Gasteiger partial charge on any atom is -0.299 e. The van der Waals surface area contributed by atoms with Gasteiger partial charge in [0.2, 0.25) is 0 Å². The SMILES string of the molecule is CC(C)(C)C1=C2CC3C(=O)CCC3C2=C(C(C)(C)C)C1. The molecule has 0 spiro atoms. The largest absolute Gasteiger partial charge is 0.299 e. The van der Waals surface area contributed by atoms with Crippen molar-refractivity contribution in [3.05, 3.63) is 22.3 Å². The molecule has 1 heteroatoms. The van der Waals surface area contributed by atoms with Gasteiger partial charge in [-0.2, -0.15) is 0 Å². The highest BCUT2D eigenvalue weighted by molar-refractivity contribution is 5.86. The number of rotatable bonds is 0. The van der Waals surface area contributed by atoms with Gasteiger partial charge in [-0.1, -0.05) is 52.7 Å². The van der Waals surface area contributed by atoms with Crippen molar-refractivity contribution in [2.75, 3.05) is 0 Å². The highest BCUT2D eigenvalue weighted by Gasteiger charge is 2.49. The van der Waals surface area contributed by atoms with Gasteiger partial charge in [-0.25, -0.2) is 0 Å². The van der Waals surface area contributed by atoms with Crippen LogP contribution in [0.2, 0.25) is 0 Å². The van der Waals surface area contributed by atoms with E-state index < -0.39 is 0 Å². The van der Waals surface area contributed by atoms with E-state index in [2.05, 4.69) is 41.5 Å². The summed E-state index contributed by atoms with van der Waals surface area (Å²) in [4.78, 5) is 12.2. The summed E-state index contributed by atoms with van der Waals surface area (Å²) in [5.74, 6) is 1.38. The molecule has 0 aliphatic heterocycles. The zero-order chi connectivity index (χ0) is 14.9. The van der Waals surface area contributed by atoms with Gasteiger partial charge in [-0.05, 0) is 47.2 Å². The number of ketones is 1. The van der Waals surface area contributed by atoms with Crippen molar-refractivity contribution in [3.8, 4) is 0 Å². The molecule has 0 heterocycles. The number of carbonyl (C=O) groups is 1. The van der Waals surface area contributed by atoms with Crippen molar-refractivity contribution < 1.29 is 4.79 Å². The number of fused-ring (bicyclic) bond motifs is 3. The van der Waals surface area contributed by atoms with Crippen LogP contribution in [0.15, 0.2) is 22.3 Å². The van der Waals surface area contributed by atoms with Gasteiger partial charge in [0.05, 0.1) is 0 Å². The Hall–Kier alpha value is -0.850. The third-order valence-corrected chi connectivity index (χ3v) is 5.57. The summed E-state index contributed by atoms with van der Waals surface area (Å²) in [6.07, 6.45) is 4.09. The van der Waals surface area contributed by atoms with Crippen molar-refractivity contribution in [1.82, 2.24) is 0 Å². The third kappa shape index (κ3) is 1.93. The Morgan fingerprint density at radius 1 is 0.900 bits per heavy atom. The molecule has 0 saturated heterocycles. The maximum absolute atomic E-state index is 12.2. The maximum Gasteiger partial charge on any atom is 0.136 e. The standard InChI is InChI=1S/C19H28O/c1-18(2,3)14-10-15(19(4,5)6)17-11-7-8-16(20)12(11)9-13(14)17/h11-12H,7-10H2,1-6H3. The Labute approximate surface area is 123 Å². The highest BCUT2D eigenvalue weighted by Crippen LogP contribution is 2.59. The summed E-state index contributed by atoms with van der Waals surface area (Å²) < 4.78 is 0. The summed E-state index contributed by atoms with van der Waals surface area (Å²) in [7, 11) is 0. The number of Topliss-reactive ketones (excluding diaryl/α,β-unsaturated/α-hetero) is 1. The molecule has 110 valence electrons. The molecular weight excluding hydrogens is 244 g/mol. The molecule has 2 saturated carbocycles. The summed E-state index contributed by atoms with van der Waals surface area (Å²) >= 11 is 0. The first-order valence-electron chi connectivity index (χ1n) is 8.10. The molecule has 2 unspecified atom stereocenters. The van der Waals surface area contributed by atoms with E-state index in [0.717, 1.165) is 25.7 Å². The average molecular weight is 272 g/mol. The lowest BCUT2D eigenvalue weighted by atomic mass is 9.77. The molecule has 0 amide bonds. The smallest absolute Gasteiger partial charge is 0.136 e.